The molecular formula is C24H30N2O5. The first kappa shape index (κ1) is 22.5. The molecule has 31 heavy (non-hydrogen) atoms. The van der Waals surface area contributed by atoms with Gasteiger partial charge in [0.2, 0.25) is 0 Å². The molecule has 7 nitrogen and oxygen atoms in total. The van der Waals surface area contributed by atoms with Gasteiger partial charge in [0.15, 0.2) is 6.61 Å². The van der Waals surface area contributed by atoms with Crippen molar-refractivity contribution in [3.8, 4) is 17.2 Å². The van der Waals surface area contributed by atoms with Crippen LogP contribution in [0.25, 0.3) is 0 Å². The van der Waals surface area contributed by atoms with E-state index in [2.05, 4.69) is 5.32 Å². The molecule has 0 aromatic heterocycles. The number of aryl methyl sites for hydroxylation is 2. The van der Waals surface area contributed by atoms with E-state index in [0.29, 0.717) is 48.7 Å². The molecule has 0 spiro atoms. The van der Waals surface area contributed by atoms with Crippen LogP contribution in [0, 0.1) is 13.8 Å². The minimum atomic E-state index is -0.156. The lowest BCUT2D eigenvalue weighted by Gasteiger charge is -2.33. The minimum Gasteiger partial charge on any atom is -0.496 e. The van der Waals surface area contributed by atoms with Gasteiger partial charge in [-0.15, -0.1) is 0 Å². The third-order valence-electron chi connectivity index (χ3n) is 5.48. The van der Waals surface area contributed by atoms with Crippen molar-refractivity contribution in [3.05, 3.63) is 53.1 Å². The van der Waals surface area contributed by atoms with E-state index in [4.69, 9.17) is 14.2 Å². The Bertz CT molecular complexity index is 913. The van der Waals surface area contributed by atoms with Crippen LogP contribution >= 0.6 is 0 Å². The Morgan fingerprint density at radius 2 is 1.65 bits per heavy atom. The van der Waals surface area contributed by atoms with Crippen molar-refractivity contribution >= 4 is 11.8 Å². The van der Waals surface area contributed by atoms with Gasteiger partial charge in [-0.2, -0.15) is 0 Å². The van der Waals surface area contributed by atoms with E-state index < -0.39 is 0 Å². The van der Waals surface area contributed by atoms with Crippen LogP contribution in [0.4, 0.5) is 0 Å². The minimum absolute atomic E-state index is 0.0128. The molecule has 1 aliphatic rings. The summed E-state index contributed by atoms with van der Waals surface area (Å²) in [7, 11) is 3.07. The first-order valence-electron chi connectivity index (χ1n) is 10.4. The second-order valence-electron chi connectivity index (χ2n) is 7.73. The highest BCUT2D eigenvalue weighted by molar-refractivity contribution is 5.99. The summed E-state index contributed by atoms with van der Waals surface area (Å²) in [6.45, 7) is 5.04. The van der Waals surface area contributed by atoms with Crippen molar-refractivity contribution in [3.63, 3.8) is 0 Å². The molecule has 3 rings (SSSR count). The molecule has 1 heterocycles. The van der Waals surface area contributed by atoms with Gasteiger partial charge in [0, 0.05) is 19.1 Å². The molecule has 166 valence electrons. The molecule has 1 N–H and O–H groups in total. The Kier molecular flexibility index (Phi) is 7.39. The number of likely N-dealkylation sites (tertiary alicyclic amines) is 1. The molecule has 0 unspecified atom stereocenters. The maximum absolute atomic E-state index is 13.1. The van der Waals surface area contributed by atoms with Gasteiger partial charge in [-0.25, -0.2) is 0 Å². The van der Waals surface area contributed by atoms with Crippen LogP contribution in [0.2, 0.25) is 0 Å². The number of methoxy groups -OCH3 is 2. The quantitative estimate of drug-likeness (QED) is 0.736. The second-order valence-corrected chi connectivity index (χ2v) is 7.73. The smallest absolute Gasteiger partial charge is 0.261 e. The third kappa shape index (κ3) is 5.48. The third-order valence-corrected chi connectivity index (χ3v) is 5.48. The fraction of sp³-hybridized carbons (Fsp3) is 0.417. The molecule has 1 fully saturated rings. The van der Waals surface area contributed by atoms with Crippen LogP contribution in [-0.4, -0.2) is 56.7 Å². The van der Waals surface area contributed by atoms with E-state index in [9.17, 15) is 9.59 Å². The van der Waals surface area contributed by atoms with E-state index in [-0.39, 0.29) is 24.5 Å². The number of nitrogens with one attached hydrogen (secondary N) is 1. The van der Waals surface area contributed by atoms with Gasteiger partial charge < -0.3 is 24.4 Å². The number of rotatable bonds is 7. The van der Waals surface area contributed by atoms with Gasteiger partial charge in [0.05, 0.1) is 14.2 Å². The van der Waals surface area contributed by atoms with Gasteiger partial charge in [0.1, 0.15) is 22.8 Å². The SMILES string of the molecule is COc1cccc(OC)c1C(=O)N1CCC(NC(=O)COc2ccc(C)cc2C)CC1. The molecule has 1 saturated heterocycles. The first-order valence-corrected chi connectivity index (χ1v) is 10.4. The summed E-state index contributed by atoms with van der Waals surface area (Å²) < 4.78 is 16.4. The number of piperidine rings is 1. The normalized spacial score (nSPS) is 14.1. The Balaban J connectivity index is 1.51. The largest absolute Gasteiger partial charge is 0.496 e. The zero-order valence-corrected chi connectivity index (χ0v) is 18.6. The maximum Gasteiger partial charge on any atom is 0.261 e. The van der Waals surface area contributed by atoms with Gasteiger partial charge in [-0.1, -0.05) is 23.8 Å². The summed E-state index contributed by atoms with van der Waals surface area (Å²) >= 11 is 0. The number of carbonyl (C=O) groups is 2. The molecular weight excluding hydrogens is 396 g/mol. The second kappa shape index (κ2) is 10.2. The highest BCUT2D eigenvalue weighted by atomic mass is 16.5. The monoisotopic (exact) mass is 426 g/mol. The Labute approximate surface area is 183 Å². The molecule has 0 radical (unpaired) electrons. The van der Waals surface area contributed by atoms with Crippen molar-refractivity contribution in [1.29, 1.82) is 0 Å². The standard InChI is InChI=1S/C24H30N2O5/c1-16-8-9-19(17(2)14-16)31-15-22(27)25-18-10-12-26(13-11-18)24(28)23-20(29-3)6-5-7-21(23)30-4/h5-9,14,18H,10-13,15H2,1-4H3,(H,25,27). The van der Waals surface area contributed by atoms with Crippen LogP contribution in [0.3, 0.4) is 0 Å². The summed E-state index contributed by atoms with van der Waals surface area (Å²) in [5.41, 5.74) is 2.59. The number of hydrogen-bond acceptors (Lipinski definition) is 5. The number of nitrogens with zero attached hydrogens (tertiary/aromatic N) is 1. The van der Waals surface area contributed by atoms with E-state index in [0.717, 1.165) is 11.1 Å². The number of ether oxygens (including phenoxy) is 3. The molecule has 1 aliphatic heterocycles. The fourth-order valence-corrected chi connectivity index (χ4v) is 3.82. The average molecular weight is 427 g/mol. The predicted molar refractivity (Wildman–Crippen MR) is 118 cm³/mol. The van der Waals surface area contributed by atoms with E-state index in [1.54, 1.807) is 23.1 Å². The summed E-state index contributed by atoms with van der Waals surface area (Å²) in [5, 5.41) is 3.01. The molecule has 2 amide bonds. The van der Waals surface area contributed by atoms with Crippen molar-refractivity contribution in [1.82, 2.24) is 10.2 Å². The topological polar surface area (TPSA) is 77.1 Å². The first-order chi connectivity index (χ1) is 14.9. The lowest BCUT2D eigenvalue weighted by molar-refractivity contribution is -0.124. The Morgan fingerprint density at radius 1 is 1.00 bits per heavy atom. The number of amides is 2. The van der Waals surface area contributed by atoms with Gasteiger partial charge in [-0.3, -0.25) is 9.59 Å². The fourth-order valence-electron chi connectivity index (χ4n) is 3.82. The number of benzene rings is 2. The Morgan fingerprint density at radius 3 is 2.23 bits per heavy atom. The lowest BCUT2D eigenvalue weighted by atomic mass is 10.0. The van der Waals surface area contributed by atoms with Crippen LogP contribution < -0.4 is 19.5 Å². The van der Waals surface area contributed by atoms with Crippen molar-refractivity contribution in [2.24, 2.45) is 0 Å². The van der Waals surface area contributed by atoms with Gasteiger partial charge >= 0.3 is 0 Å². The van der Waals surface area contributed by atoms with Crippen LogP contribution in [-0.2, 0) is 4.79 Å². The summed E-state index contributed by atoms with van der Waals surface area (Å²) in [5.74, 6) is 1.41. The van der Waals surface area contributed by atoms with E-state index in [1.165, 1.54) is 14.2 Å². The maximum atomic E-state index is 13.1. The zero-order chi connectivity index (χ0) is 22.4. The summed E-state index contributed by atoms with van der Waals surface area (Å²) in [6.07, 6.45) is 1.36. The van der Waals surface area contributed by atoms with E-state index in [1.807, 2.05) is 32.0 Å². The van der Waals surface area contributed by atoms with Crippen molar-refractivity contribution < 1.29 is 23.8 Å². The van der Waals surface area contributed by atoms with Crippen molar-refractivity contribution in [2.45, 2.75) is 32.7 Å². The average Bonchev–Trinajstić information content (AvgIpc) is 2.78. The van der Waals surface area contributed by atoms with Crippen LogP contribution in [0.5, 0.6) is 17.2 Å². The van der Waals surface area contributed by atoms with Crippen LogP contribution in [0.1, 0.15) is 34.3 Å². The lowest BCUT2D eigenvalue weighted by Crippen LogP contribution is -2.47. The van der Waals surface area contributed by atoms with Crippen LogP contribution in [0.15, 0.2) is 36.4 Å². The Hall–Kier alpha value is -3.22. The molecule has 7 heteroatoms. The molecule has 0 saturated carbocycles. The number of hydrogen-bond donors (Lipinski definition) is 1. The highest BCUT2D eigenvalue weighted by Crippen LogP contribution is 2.30. The zero-order valence-electron chi connectivity index (χ0n) is 18.6. The van der Waals surface area contributed by atoms with Gasteiger partial charge in [0.25, 0.3) is 11.8 Å². The molecule has 2 aromatic carbocycles. The number of carbonyl (C=O) groups excluding carboxylic acids is 2. The summed E-state index contributed by atoms with van der Waals surface area (Å²) in [4.78, 5) is 27.2. The highest BCUT2D eigenvalue weighted by Gasteiger charge is 2.28. The van der Waals surface area contributed by atoms with E-state index >= 15 is 0 Å². The van der Waals surface area contributed by atoms with Gasteiger partial charge in [-0.05, 0) is 50.5 Å². The molecule has 0 aliphatic carbocycles. The molecule has 0 bridgehead atoms. The molecule has 2 aromatic rings. The summed E-state index contributed by atoms with van der Waals surface area (Å²) in [6, 6.07) is 11.2. The molecule has 0 atom stereocenters. The van der Waals surface area contributed by atoms with Crippen molar-refractivity contribution in [2.75, 3.05) is 33.9 Å². The predicted octanol–water partition coefficient (Wildman–Crippen LogP) is 3.12.